The smallest absolute Gasteiger partial charge is 0.171 e. The molecule has 32 heavy (non-hydrogen) atoms. The third kappa shape index (κ3) is 2.30. The normalized spacial score (nSPS) is 62.3. The topological polar surface area (TPSA) is 58.9 Å². The van der Waals surface area contributed by atoms with Crippen molar-refractivity contribution in [3.63, 3.8) is 0 Å². The molecule has 6 fully saturated rings. The van der Waals surface area contributed by atoms with Crippen LogP contribution in [-0.4, -0.2) is 40.9 Å². The van der Waals surface area contributed by atoms with E-state index in [1.54, 1.807) is 0 Å². The SMILES string of the molecule is CO[C@@H]1C[C@H]2[C@@H]3C[C@@H]4O[C@](O)(CCC(C)C)[C@@H](C)[C@]4(O)[C@@]3(C)CC[C@@H]2[C@@]2(C)CC[C@@H]3C[C@]312. The second kappa shape index (κ2) is 6.53. The second-order valence-corrected chi connectivity index (χ2v) is 13.9. The summed E-state index contributed by atoms with van der Waals surface area (Å²) in [5.41, 5.74) is -0.303. The van der Waals surface area contributed by atoms with Crippen molar-refractivity contribution in [2.45, 2.75) is 116 Å². The van der Waals surface area contributed by atoms with E-state index in [2.05, 4.69) is 34.6 Å². The highest BCUT2D eigenvalue weighted by Gasteiger charge is 2.80. The molecular formula is C28H46O4. The second-order valence-electron chi connectivity index (χ2n) is 13.9. The molecule has 0 aromatic heterocycles. The highest BCUT2D eigenvalue weighted by Crippen LogP contribution is 2.82. The molecule has 1 aliphatic heterocycles. The first-order valence-corrected chi connectivity index (χ1v) is 13.6. The highest BCUT2D eigenvalue weighted by atomic mass is 16.7. The van der Waals surface area contributed by atoms with Crippen molar-refractivity contribution >= 4 is 0 Å². The van der Waals surface area contributed by atoms with Gasteiger partial charge in [-0.15, -0.1) is 0 Å². The van der Waals surface area contributed by atoms with Gasteiger partial charge in [0.25, 0.3) is 0 Å². The molecule has 1 saturated heterocycles. The number of ether oxygens (including phenoxy) is 2. The summed E-state index contributed by atoms with van der Waals surface area (Å²) in [6, 6.07) is 0. The van der Waals surface area contributed by atoms with Crippen LogP contribution in [0.4, 0.5) is 0 Å². The van der Waals surface area contributed by atoms with Gasteiger partial charge in [0.15, 0.2) is 5.79 Å². The fourth-order valence-electron chi connectivity index (χ4n) is 11.0. The fraction of sp³-hybridized carbons (Fsp3) is 1.00. The van der Waals surface area contributed by atoms with Crippen LogP contribution in [0.15, 0.2) is 0 Å². The van der Waals surface area contributed by atoms with Crippen LogP contribution in [0.5, 0.6) is 0 Å². The number of rotatable bonds is 4. The van der Waals surface area contributed by atoms with Crippen LogP contribution >= 0.6 is 0 Å². The average molecular weight is 447 g/mol. The Bertz CT molecular complexity index is 798. The fourth-order valence-corrected chi connectivity index (χ4v) is 11.0. The minimum Gasteiger partial charge on any atom is -0.386 e. The Balaban J connectivity index is 1.33. The molecule has 5 saturated carbocycles. The summed E-state index contributed by atoms with van der Waals surface area (Å²) >= 11 is 0. The zero-order valence-corrected chi connectivity index (χ0v) is 21.2. The lowest BCUT2D eigenvalue weighted by Crippen LogP contribution is -2.61. The predicted molar refractivity (Wildman–Crippen MR) is 124 cm³/mol. The van der Waals surface area contributed by atoms with Crippen LogP contribution in [-0.2, 0) is 9.47 Å². The van der Waals surface area contributed by atoms with Gasteiger partial charge in [0.1, 0.15) is 5.60 Å². The van der Waals surface area contributed by atoms with Crippen molar-refractivity contribution < 1.29 is 19.7 Å². The maximum absolute atomic E-state index is 12.4. The Hall–Kier alpha value is -0.160. The molecule has 6 aliphatic rings. The van der Waals surface area contributed by atoms with Gasteiger partial charge in [-0.3, -0.25) is 0 Å². The minimum atomic E-state index is -1.20. The van der Waals surface area contributed by atoms with Gasteiger partial charge in [-0.25, -0.2) is 0 Å². The van der Waals surface area contributed by atoms with Crippen molar-refractivity contribution in [3.05, 3.63) is 0 Å². The highest BCUT2D eigenvalue weighted by molar-refractivity contribution is 5.28. The number of hydrogen-bond acceptors (Lipinski definition) is 4. The summed E-state index contributed by atoms with van der Waals surface area (Å²) in [6.07, 6.45) is 10.1. The van der Waals surface area contributed by atoms with E-state index in [1.165, 1.54) is 25.7 Å². The number of methoxy groups -OCH3 is 1. The first-order chi connectivity index (χ1) is 15.0. The molecule has 0 bridgehead atoms. The van der Waals surface area contributed by atoms with Crippen molar-refractivity contribution in [2.75, 3.05) is 7.11 Å². The van der Waals surface area contributed by atoms with Crippen molar-refractivity contribution in [2.24, 2.45) is 51.8 Å². The zero-order valence-electron chi connectivity index (χ0n) is 21.2. The van der Waals surface area contributed by atoms with E-state index in [0.29, 0.717) is 41.1 Å². The van der Waals surface area contributed by atoms with Crippen LogP contribution in [0.1, 0.15) is 92.4 Å². The van der Waals surface area contributed by atoms with Gasteiger partial charge in [-0.1, -0.05) is 34.6 Å². The molecule has 2 N–H and O–H groups in total. The molecule has 6 rings (SSSR count). The third-order valence-corrected chi connectivity index (χ3v) is 12.9. The molecule has 0 radical (unpaired) electrons. The molecule has 0 amide bonds. The Labute approximate surface area is 194 Å². The van der Waals surface area contributed by atoms with E-state index in [9.17, 15) is 10.2 Å². The molecule has 0 aromatic rings. The lowest BCUT2D eigenvalue weighted by Gasteiger charge is -2.61. The monoisotopic (exact) mass is 446 g/mol. The van der Waals surface area contributed by atoms with Gasteiger partial charge in [0.2, 0.25) is 0 Å². The minimum absolute atomic E-state index is 0.193. The van der Waals surface area contributed by atoms with Gasteiger partial charge in [-0.05, 0) is 86.4 Å². The maximum atomic E-state index is 12.4. The predicted octanol–water partition coefficient (Wildman–Crippen LogP) is 5.15. The Morgan fingerprint density at radius 1 is 1.03 bits per heavy atom. The molecule has 0 unspecified atom stereocenters. The Morgan fingerprint density at radius 2 is 1.75 bits per heavy atom. The summed E-state index contributed by atoms with van der Waals surface area (Å²) in [4.78, 5) is 0. The lowest BCUT2D eigenvalue weighted by atomic mass is 9.44. The number of fused-ring (bicyclic) bond motifs is 6. The lowest BCUT2D eigenvalue weighted by molar-refractivity contribution is -0.228. The molecule has 4 heteroatoms. The van der Waals surface area contributed by atoms with Crippen molar-refractivity contribution in [1.29, 1.82) is 0 Å². The first kappa shape index (κ1) is 22.3. The number of aliphatic hydroxyl groups is 2. The van der Waals surface area contributed by atoms with Crippen LogP contribution < -0.4 is 0 Å². The third-order valence-electron chi connectivity index (χ3n) is 12.9. The van der Waals surface area contributed by atoms with Crippen LogP contribution in [0.3, 0.4) is 0 Å². The van der Waals surface area contributed by atoms with E-state index in [-0.39, 0.29) is 17.4 Å². The summed E-state index contributed by atoms with van der Waals surface area (Å²) in [7, 11) is 1.94. The molecule has 4 nitrogen and oxygen atoms in total. The summed E-state index contributed by atoms with van der Waals surface area (Å²) in [5, 5.41) is 23.9. The first-order valence-electron chi connectivity index (χ1n) is 13.6. The largest absolute Gasteiger partial charge is 0.386 e. The van der Waals surface area contributed by atoms with Crippen molar-refractivity contribution in [1.82, 2.24) is 0 Å². The molecular weight excluding hydrogens is 400 g/mol. The molecule has 12 atom stereocenters. The van der Waals surface area contributed by atoms with Gasteiger partial charge in [0.05, 0.1) is 12.2 Å². The van der Waals surface area contributed by atoms with Gasteiger partial charge < -0.3 is 19.7 Å². The van der Waals surface area contributed by atoms with E-state index in [4.69, 9.17) is 9.47 Å². The summed E-state index contributed by atoms with van der Waals surface area (Å²) in [5.74, 6) is 1.76. The Kier molecular flexibility index (Phi) is 4.55. The summed E-state index contributed by atoms with van der Waals surface area (Å²) < 4.78 is 12.7. The van der Waals surface area contributed by atoms with E-state index in [0.717, 1.165) is 37.5 Å². The number of hydrogen-bond donors (Lipinski definition) is 2. The Morgan fingerprint density at radius 3 is 2.41 bits per heavy atom. The average Bonchev–Trinajstić information content (AvgIpc) is 3.28. The van der Waals surface area contributed by atoms with Gasteiger partial charge in [-0.2, -0.15) is 0 Å². The quantitative estimate of drug-likeness (QED) is 0.627. The van der Waals surface area contributed by atoms with Crippen LogP contribution in [0.2, 0.25) is 0 Å². The van der Waals surface area contributed by atoms with Gasteiger partial charge >= 0.3 is 0 Å². The summed E-state index contributed by atoms with van der Waals surface area (Å²) in [6.45, 7) is 11.4. The van der Waals surface area contributed by atoms with E-state index in [1.807, 2.05) is 7.11 Å². The molecule has 5 aliphatic carbocycles. The van der Waals surface area contributed by atoms with E-state index >= 15 is 0 Å². The maximum Gasteiger partial charge on any atom is 0.171 e. The standard InChI is InChI=1S/C28H46O4/c1-16(2)7-12-27(29)17(3)28(30)23(32-27)14-21-19-13-22(31-6)26-15-18(26)8-10-24(26,4)20(19)9-11-25(21,28)5/h16-23,29-30H,7-15H2,1-6H3/t17-,18-,19-,20+,21+,22-,23+,24-,25+,26+,27-,28-/m1/s1. The zero-order chi connectivity index (χ0) is 22.9. The molecule has 1 spiro atoms. The molecule has 1 heterocycles. The van der Waals surface area contributed by atoms with E-state index < -0.39 is 11.4 Å². The molecule has 0 aromatic carbocycles. The van der Waals surface area contributed by atoms with Crippen LogP contribution in [0.25, 0.3) is 0 Å². The van der Waals surface area contributed by atoms with Crippen LogP contribution in [0, 0.1) is 51.8 Å². The van der Waals surface area contributed by atoms with Crippen molar-refractivity contribution in [3.8, 4) is 0 Å². The molecule has 182 valence electrons. The van der Waals surface area contributed by atoms with Gasteiger partial charge in [0, 0.05) is 30.3 Å².